The lowest BCUT2D eigenvalue weighted by Gasteiger charge is -1.98. The fourth-order valence-electron chi connectivity index (χ4n) is 0.939. The molecule has 1 aromatic rings. The smallest absolute Gasteiger partial charge is 0.314 e. The lowest BCUT2D eigenvalue weighted by molar-refractivity contribution is -0.133. The Kier molecular flexibility index (Phi) is 4.61. The highest BCUT2D eigenvalue weighted by molar-refractivity contribution is 7.99. The van der Waals surface area contributed by atoms with Gasteiger partial charge in [0.15, 0.2) is 5.82 Å². The fraction of sp³-hybridized carbons (Fsp3) is 0.667. The lowest BCUT2D eigenvalue weighted by Crippen LogP contribution is -1.97. The Morgan fingerprint density at radius 1 is 1.60 bits per heavy atom. The van der Waals surface area contributed by atoms with E-state index in [9.17, 15) is 4.79 Å². The molecule has 0 aliphatic rings. The highest BCUT2D eigenvalue weighted by Gasteiger charge is 2.09. The Labute approximate surface area is 92.2 Å². The van der Waals surface area contributed by atoms with Crippen molar-refractivity contribution in [3.05, 3.63) is 5.82 Å². The molecule has 0 saturated heterocycles. The van der Waals surface area contributed by atoms with Crippen molar-refractivity contribution in [2.75, 3.05) is 5.75 Å². The zero-order valence-electron chi connectivity index (χ0n) is 8.77. The van der Waals surface area contributed by atoms with E-state index >= 15 is 0 Å². The molecular formula is C9H14N2O3S. The van der Waals surface area contributed by atoms with E-state index in [-0.39, 0.29) is 5.75 Å². The molecule has 0 amide bonds. The van der Waals surface area contributed by atoms with Crippen LogP contribution in [-0.2, 0) is 11.2 Å². The van der Waals surface area contributed by atoms with E-state index in [2.05, 4.69) is 24.0 Å². The van der Waals surface area contributed by atoms with Crippen LogP contribution in [0.1, 0.15) is 26.1 Å². The Morgan fingerprint density at radius 2 is 2.33 bits per heavy atom. The SMILES string of the molecule is CC(C)CCc1noc(SCC(=O)O)n1. The van der Waals surface area contributed by atoms with E-state index in [1.54, 1.807) is 0 Å². The van der Waals surface area contributed by atoms with Gasteiger partial charge >= 0.3 is 5.97 Å². The van der Waals surface area contributed by atoms with Crippen LogP contribution in [0.5, 0.6) is 0 Å². The minimum absolute atomic E-state index is 0.0498. The van der Waals surface area contributed by atoms with E-state index in [1.807, 2.05) is 0 Å². The molecule has 1 rings (SSSR count). The van der Waals surface area contributed by atoms with Gasteiger partial charge in [0, 0.05) is 6.42 Å². The van der Waals surface area contributed by atoms with E-state index in [0.717, 1.165) is 24.6 Å². The number of nitrogens with zero attached hydrogens (tertiary/aromatic N) is 2. The third-order valence-corrected chi connectivity index (χ3v) is 2.52. The number of thioether (sulfide) groups is 1. The summed E-state index contributed by atoms with van der Waals surface area (Å²) in [5, 5.41) is 12.5. The molecule has 0 fully saturated rings. The van der Waals surface area contributed by atoms with Crippen molar-refractivity contribution in [3.8, 4) is 0 Å². The quantitative estimate of drug-likeness (QED) is 0.751. The summed E-state index contributed by atoms with van der Waals surface area (Å²) in [6.07, 6.45) is 1.78. The van der Waals surface area contributed by atoms with Gasteiger partial charge in [-0.2, -0.15) is 4.98 Å². The number of hydrogen-bond acceptors (Lipinski definition) is 5. The average molecular weight is 230 g/mol. The molecule has 0 radical (unpaired) electrons. The van der Waals surface area contributed by atoms with Crippen molar-refractivity contribution in [2.45, 2.75) is 31.9 Å². The van der Waals surface area contributed by atoms with E-state index < -0.39 is 5.97 Å². The number of aliphatic carboxylic acids is 1. The predicted octanol–water partition coefficient (Wildman–Crippen LogP) is 1.83. The Bertz CT molecular complexity index is 325. The first-order valence-corrected chi connectivity index (χ1v) is 5.73. The Hall–Kier alpha value is -1.04. The summed E-state index contributed by atoms with van der Waals surface area (Å²) in [5.41, 5.74) is 0. The normalized spacial score (nSPS) is 10.9. The van der Waals surface area contributed by atoms with E-state index in [4.69, 9.17) is 9.63 Å². The summed E-state index contributed by atoms with van der Waals surface area (Å²) < 4.78 is 4.89. The topological polar surface area (TPSA) is 76.2 Å². The van der Waals surface area contributed by atoms with Gasteiger partial charge in [-0.25, -0.2) is 0 Å². The van der Waals surface area contributed by atoms with Gasteiger partial charge < -0.3 is 9.63 Å². The molecule has 1 heterocycles. The van der Waals surface area contributed by atoms with Crippen LogP contribution in [0.15, 0.2) is 9.75 Å². The number of aromatic nitrogens is 2. The van der Waals surface area contributed by atoms with Gasteiger partial charge in [-0.3, -0.25) is 4.79 Å². The summed E-state index contributed by atoms with van der Waals surface area (Å²) in [4.78, 5) is 14.4. The van der Waals surface area contributed by atoms with Crippen LogP contribution >= 0.6 is 11.8 Å². The maximum Gasteiger partial charge on any atom is 0.314 e. The molecular weight excluding hydrogens is 216 g/mol. The second-order valence-corrected chi connectivity index (χ2v) is 4.52. The maximum atomic E-state index is 10.3. The summed E-state index contributed by atoms with van der Waals surface area (Å²) in [6.45, 7) is 4.25. The zero-order valence-corrected chi connectivity index (χ0v) is 9.58. The van der Waals surface area contributed by atoms with Gasteiger partial charge in [0.05, 0.1) is 0 Å². The third kappa shape index (κ3) is 4.83. The summed E-state index contributed by atoms with van der Waals surface area (Å²) >= 11 is 1.04. The van der Waals surface area contributed by atoms with Crippen molar-refractivity contribution in [3.63, 3.8) is 0 Å². The molecule has 5 nitrogen and oxygen atoms in total. The van der Waals surface area contributed by atoms with Gasteiger partial charge in [-0.1, -0.05) is 30.8 Å². The molecule has 0 aliphatic heterocycles. The second kappa shape index (κ2) is 5.75. The van der Waals surface area contributed by atoms with Crippen LogP contribution in [0.3, 0.4) is 0 Å². The first-order chi connectivity index (χ1) is 7.08. The van der Waals surface area contributed by atoms with Gasteiger partial charge in [-0.05, 0) is 12.3 Å². The molecule has 0 unspecified atom stereocenters. The third-order valence-electron chi connectivity index (χ3n) is 1.71. The summed E-state index contributed by atoms with van der Waals surface area (Å²) in [5.74, 6) is 0.309. The van der Waals surface area contributed by atoms with Gasteiger partial charge in [-0.15, -0.1) is 0 Å². The Balaban J connectivity index is 2.38. The molecule has 0 saturated carbocycles. The molecule has 0 aliphatic carbocycles. The molecule has 6 heteroatoms. The summed E-state index contributed by atoms with van der Waals surface area (Å²) in [6, 6.07) is 0. The van der Waals surface area contributed by atoms with Gasteiger partial charge in [0.2, 0.25) is 0 Å². The highest BCUT2D eigenvalue weighted by atomic mass is 32.2. The van der Waals surface area contributed by atoms with Crippen molar-refractivity contribution in [1.82, 2.24) is 10.1 Å². The first-order valence-electron chi connectivity index (χ1n) is 4.75. The number of carboxylic acid groups (broad SMARTS) is 1. The largest absolute Gasteiger partial charge is 0.481 e. The van der Waals surface area contributed by atoms with Gasteiger partial charge in [0.25, 0.3) is 5.22 Å². The second-order valence-electron chi connectivity index (χ2n) is 3.59. The monoisotopic (exact) mass is 230 g/mol. The minimum Gasteiger partial charge on any atom is -0.481 e. The summed E-state index contributed by atoms with van der Waals surface area (Å²) in [7, 11) is 0. The van der Waals surface area contributed by atoms with Crippen LogP contribution in [0.25, 0.3) is 0 Å². The molecule has 0 atom stereocenters. The maximum absolute atomic E-state index is 10.3. The van der Waals surface area contributed by atoms with Crippen molar-refractivity contribution in [1.29, 1.82) is 0 Å². The van der Waals surface area contributed by atoms with Gasteiger partial charge in [0.1, 0.15) is 5.75 Å². The average Bonchev–Trinajstić information content (AvgIpc) is 2.59. The van der Waals surface area contributed by atoms with Crippen LogP contribution in [0.2, 0.25) is 0 Å². The lowest BCUT2D eigenvalue weighted by atomic mass is 10.1. The van der Waals surface area contributed by atoms with Crippen LogP contribution < -0.4 is 0 Å². The zero-order chi connectivity index (χ0) is 11.3. The van der Waals surface area contributed by atoms with Crippen LogP contribution in [0, 0.1) is 5.92 Å². The van der Waals surface area contributed by atoms with E-state index in [1.165, 1.54) is 0 Å². The van der Waals surface area contributed by atoms with Crippen molar-refractivity contribution >= 4 is 17.7 Å². The fourth-order valence-corrected chi connectivity index (χ4v) is 1.45. The number of aryl methyl sites for hydroxylation is 1. The number of hydrogen-bond donors (Lipinski definition) is 1. The molecule has 1 aromatic heterocycles. The number of rotatable bonds is 6. The van der Waals surface area contributed by atoms with Crippen molar-refractivity contribution in [2.24, 2.45) is 5.92 Å². The van der Waals surface area contributed by atoms with Crippen LogP contribution in [0.4, 0.5) is 0 Å². The highest BCUT2D eigenvalue weighted by Crippen LogP contribution is 2.15. The van der Waals surface area contributed by atoms with Crippen molar-refractivity contribution < 1.29 is 14.4 Å². The number of carboxylic acids is 1. The van der Waals surface area contributed by atoms with Crippen LogP contribution in [-0.4, -0.2) is 27.0 Å². The molecule has 15 heavy (non-hydrogen) atoms. The molecule has 0 spiro atoms. The molecule has 0 aromatic carbocycles. The Morgan fingerprint density at radius 3 is 2.93 bits per heavy atom. The first kappa shape index (κ1) is 12.0. The molecule has 0 bridgehead atoms. The molecule has 84 valence electrons. The predicted molar refractivity (Wildman–Crippen MR) is 55.8 cm³/mol. The molecule has 1 N–H and O–H groups in total. The van der Waals surface area contributed by atoms with E-state index in [0.29, 0.717) is 17.0 Å². The minimum atomic E-state index is -0.887. The standard InChI is InChI=1S/C9H14N2O3S/c1-6(2)3-4-7-10-9(14-11-7)15-5-8(12)13/h6H,3-5H2,1-2H3,(H,12,13). The number of carbonyl (C=O) groups is 1.